The zero-order chi connectivity index (χ0) is 16.4. The van der Waals surface area contributed by atoms with Gasteiger partial charge in [-0.25, -0.2) is 15.0 Å². The van der Waals surface area contributed by atoms with E-state index in [1.165, 1.54) is 11.5 Å². The third-order valence-corrected chi connectivity index (χ3v) is 4.93. The van der Waals surface area contributed by atoms with Gasteiger partial charge in [0, 0.05) is 49.5 Å². The number of hydrogen-bond acceptors (Lipinski definition) is 7. The molecule has 0 N–H and O–H groups in total. The number of hydrogen-bond donors (Lipinski definition) is 0. The van der Waals surface area contributed by atoms with Gasteiger partial charge in [-0.3, -0.25) is 0 Å². The predicted octanol–water partition coefficient (Wildman–Crippen LogP) is 2.63. The Hall–Kier alpha value is -2.54. The second kappa shape index (κ2) is 6.52. The van der Waals surface area contributed by atoms with Crippen LogP contribution >= 0.6 is 11.5 Å². The van der Waals surface area contributed by atoms with E-state index < -0.39 is 0 Å². The first-order valence-corrected chi connectivity index (χ1v) is 8.75. The van der Waals surface area contributed by atoms with Crippen LogP contribution in [-0.4, -0.2) is 45.5 Å². The smallest absolute Gasteiger partial charge is 0.205 e. The van der Waals surface area contributed by atoms with E-state index in [9.17, 15) is 0 Å². The molecule has 0 unspecified atom stereocenters. The molecule has 122 valence electrons. The molecule has 0 radical (unpaired) electrons. The molecule has 2 aromatic heterocycles. The molecule has 4 rings (SSSR count). The maximum Gasteiger partial charge on any atom is 0.205 e. The number of piperazine rings is 1. The summed E-state index contributed by atoms with van der Waals surface area (Å²) in [5.41, 5.74) is 1.04. The van der Waals surface area contributed by atoms with Gasteiger partial charge in [0.1, 0.15) is 11.6 Å². The summed E-state index contributed by atoms with van der Waals surface area (Å²) in [5, 5.41) is 1.01. The van der Waals surface area contributed by atoms with Gasteiger partial charge in [-0.05, 0) is 13.0 Å². The number of rotatable bonds is 3. The van der Waals surface area contributed by atoms with Crippen molar-refractivity contribution in [2.75, 3.05) is 36.0 Å². The largest absolute Gasteiger partial charge is 0.353 e. The van der Waals surface area contributed by atoms with Crippen molar-refractivity contribution in [3.8, 4) is 11.4 Å². The summed E-state index contributed by atoms with van der Waals surface area (Å²) in [7, 11) is 0. The Kier molecular flexibility index (Phi) is 4.08. The molecule has 1 aromatic carbocycles. The molecule has 0 saturated carbocycles. The lowest BCUT2D eigenvalue weighted by Crippen LogP contribution is -2.46. The van der Waals surface area contributed by atoms with Crippen LogP contribution in [0, 0.1) is 6.92 Å². The molecule has 6 nitrogen and oxygen atoms in total. The van der Waals surface area contributed by atoms with Crippen LogP contribution in [0.5, 0.6) is 0 Å². The van der Waals surface area contributed by atoms with Gasteiger partial charge in [0.05, 0.1) is 0 Å². The number of aromatic nitrogens is 4. The Morgan fingerprint density at radius 3 is 2.38 bits per heavy atom. The van der Waals surface area contributed by atoms with Crippen LogP contribution in [0.4, 0.5) is 10.9 Å². The van der Waals surface area contributed by atoms with Gasteiger partial charge in [0.2, 0.25) is 5.13 Å². The molecule has 0 aliphatic carbocycles. The van der Waals surface area contributed by atoms with Crippen molar-refractivity contribution in [1.29, 1.82) is 0 Å². The molecular weight excluding hydrogens is 320 g/mol. The molecule has 0 amide bonds. The molecule has 1 aliphatic heterocycles. The first-order chi connectivity index (χ1) is 11.8. The van der Waals surface area contributed by atoms with Crippen LogP contribution in [-0.2, 0) is 0 Å². The Balaban J connectivity index is 1.48. The lowest BCUT2D eigenvalue weighted by atomic mass is 10.2. The number of benzene rings is 1. The highest BCUT2D eigenvalue weighted by Crippen LogP contribution is 2.22. The van der Waals surface area contributed by atoms with Crippen LogP contribution in [0.1, 0.15) is 5.82 Å². The van der Waals surface area contributed by atoms with E-state index in [0.717, 1.165) is 54.3 Å². The SMILES string of the molecule is Cc1nsc(N2CCN(c3ccnc(-c4ccccc4)n3)CC2)n1. The third kappa shape index (κ3) is 3.07. The van der Waals surface area contributed by atoms with Gasteiger partial charge in [0.15, 0.2) is 5.82 Å². The Labute approximate surface area is 145 Å². The fraction of sp³-hybridized carbons (Fsp3) is 0.294. The lowest BCUT2D eigenvalue weighted by molar-refractivity contribution is 0.645. The van der Waals surface area contributed by atoms with Crippen molar-refractivity contribution in [3.63, 3.8) is 0 Å². The average molecular weight is 338 g/mol. The topological polar surface area (TPSA) is 58.0 Å². The van der Waals surface area contributed by atoms with Gasteiger partial charge in [-0.2, -0.15) is 4.37 Å². The zero-order valence-corrected chi connectivity index (χ0v) is 14.3. The highest BCUT2D eigenvalue weighted by atomic mass is 32.1. The second-order valence-corrected chi connectivity index (χ2v) is 6.43. The van der Waals surface area contributed by atoms with E-state index in [0.29, 0.717) is 0 Å². The Morgan fingerprint density at radius 2 is 1.67 bits per heavy atom. The van der Waals surface area contributed by atoms with Crippen LogP contribution in [0.3, 0.4) is 0 Å². The fourth-order valence-electron chi connectivity index (χ4n) is 2.79. The van der Waals surface area contributed by atoms with Crippen molar-refractivity contribution in [3.05, 3.63) is 48.4 Å². The maximum absolute atomic E-state index is 4.74. The van der Waals surface area contributed by atoms with Crippen molar-refractivity contribution in [2.24, 2.45) is 0 Å². The minimum atomic E-state index is 0.773. The molecule has 0 atom stereocenters. The molecule has 3 heterocycles. The molecule has 0 bridgehead atoms. The summed E-state index contributed by atoms with van der Waals surface area (Å²) in [6.45, 7) is 5.63. The van der Waals surface area contributed by atoms with Gasteiger partial charge in [-0.1, -0.05) is 30.3 Å². The van der Waals surface area contributed by atoms with Crippen LogP contribution in [0.15, 0.2) is 42.6 Å². The maximum atomic E-state index is 4.74. The quantitative estimate of drug-likeness (QED) is 0.732. The Morgan fingerprint density at radius 1 is 0.917 bits per heavy atom. The molecule has 24 heavy (non-hydrogen) atoms. The molecule has 7 heteroatoms. The molecular formula is C17H18N6S. The van der Waals surface area contributed by atoms with E-state index in [4.69, 9.17) is 4.98 Å². The van der Waals surface area contributed by atoms with Gasteiger partial charge in [-0.15, -0.1) is 0 Å². The number of aryl methyl sites for hydroxylation is 1. The zero-order valence-electron chi connectivity index (χ0n) is 13.5. The highest BCUT2D eigenvalue weighted by molar-refractivity contribution is 7.09. The lowest BCUT2D eigenvalue weighted by Gasteiger charge is -2.35. The Bertz CT molecular complexity index is 811. The second-order valence-electron chi connectivity index (χ2n) is 5.70. The van der Waals surface area contributed by atoms with Crippen molar-refractivity contribution < 1.29 is 0 Å². The van der Waals surface area contributed by atoms with Crippen LogP contribution < -0.4 is 9.80 Å². The standard InChI is InChI=1S/C17H18N6S/c1-13-19-17(24-21-13)23-11-9-22(10-12-23)15-7-8-18-16(20-15)14-5-3-2-4-6-14/h2-8H,9-12H2,1H3. The third-order valence-electron chi connectivity index (χ3n) is 4.06. The molecule has 1 aliphatic rings. The van der Waals surface area contributed by atoms with E-state index in [1.807, 2.05) is 49.5 Å². The van der Waals surface area contributed by atoms with Crippen LogP contribution in [0.25, 0.3) is 11.4 Å². The van der Waals surface area contributed by atoms with E-state index in [2.05, 4.69) is 24.1 Å². The summed E-state index contributed by atoms with van der Waals surface area (Å²) in [4.78, 5) is 18.2. The van der Waals surface area contributed by atoms with E-state index in [-0.39, 0.29) is 0 Å². The molecule has 1 saturated heterocycles. The number of nitrogens with zero attached hydrogens (tertiary/aromatic N) is 6. The monoisotopic (exact) mass is 338 g/mol. The molecule has 3 aromatic rings. The van der Waals surface area contributed by atoms with Crippen molar-refractivity contribution in [2.45, 2.75) is 6.92 Å². The molecule has 0 spiro atoms. The van der Waals surface area contributed by atoms with Gasteiger partial charge < -0.3 is 9.80 Å². The summed E-state index contributed by atoms with van der Waals surface area (Å²) in [6, 6.07) is 12.1. The average Bonchev–Trinajstić information content (AvgIpc) is 3.09. The summed E-state index contributed by atoms with van der Waals surface area (Å²) >= 11 is 1.47. The summed E-state index contributed by atoms with van der Waals surface area (Å²) < 4.78 is 4.27. The highest BCUT2D eigenvalue weighted by Gasteiger charge is 2.21. The first kappa shape index (κ1) is 15.0. The van der Waals surface area contributed by atoms with E-state index in [1.54, 1.807) is 0 Å². The molecule has 1 fully saturated rings. The van der Waals surface area contributed by atoms with Gasteiger partial charge in [0.25, 0.3) is 0 Å². The van der Waals surface area contributed by atoms with Gasteiger partial charge >= 0.3 is 0 Å². The van der Waals surface area contributed by atoms with Crippen molar-refractivity contribution >= 4 is 22.5 Å². The minimum Gasteiger partial charge on any atom is -0.353 e. The van der Waals surface area contributed by atoms with E-state index >= 15 is 0 Å². The minimum absolute atomic E-state index is 0.773. The predicted molar refractivity (Wildman–Crippen MR) is 96.5 cm³/mol. The summed E-state index contributed by atoms with van der Waals surface area (Å²) in [5.74, 6) is 2.60. The first-order valence-electron chi connectivity index (χ1n) is 7.98. The summed E-state index contributed by atoms with van der Waals surface area (Å²) in [6.07, 6.45) is 1.84. The normalized spacial score (nSPS) is 14.9. The van der Waals surface area contributed by atoms with Crippen molar-refractivity contribution in [1.82, 2.24) is 19.3 Å². The fourth-order valence-corrected chi connectivity index (χ4v) is 3.52. The van der Waals surface area contributed by atoms with Crippen LogP contribution in [0.2, 0.25) is 0 Å². The number of anilines is 2.